The monoisotopic (exact) mass is 283 g/mol. The highest BCUT2D eigenvalue weighted by atomic mass is 35.5. The quantitative estimate of drug-likeness (QED) is 0.753. The van der Waals surface area contributed by atoms with Crippen molar-refractivity contribution in [3.05, 3.63) is 22.8 Å². The molecule has 0 aromatic carbocycles. The van der Waals surface area contributed by atoms with Gasteiger partial charge in [0.1, 0.15) is 11.0 Å². The highest BCUT2D eigenvalue weighted by Gasteiger charge is 2.12. The summed E-state index contributed by atoms with van der Waals surface area (Å²) in [6.07, 6.45) is 2.83. The third kappa shape index (κ3) is 5.07. The van der Waals surface area contributed by atoms with Crippen molar-refractivity contribution < 1.29 is 4.79 Å². The number of nitrogens with zero attached hydrogens (tertiary/aromatic N) is 1. The second-order valence-corrected chi connectivity index (χ2v) is 4.86. The fourth-order valence-electron chi connectivity index (χ4n) is 1.73. The Morgan fingerprint density at radius 2 is 2.00 bits per heavy atom. The largest absolute Gasteiger partial charge is 0.370 e. The minimum Gasteiger partial charge on any atom is -0.370 e. The van der Waals surface area contributed by atoms with Crippen LogP contribution >= 0.6 is 11.6 Å². The maximum atomic E-state index is 12.1. The predicted octanol–water partition coefficient (Wildman–Crippen LogP) is 3.48. The van der Waals surface area contributed by atoms with Crippen LogP contribution in [0.3, 0.4) is 0 Å². The molecule has 0 aliphatic rings. The molecule has 0 aliphatic heterocycles. The zero-order valence-electron chi connectivity index (χ0n) is 11.8. The number of carbonyl (C=O) groups is 1. The van der Waals surface area contributed by atoms with Gasteiger partial charge in [-0.25, -0.2) is 4.98 Å². The minimum atomic E-state index is -0.0995. The van der Waals surface area contributed by atoms with Crippen molar-refractivity contribution in [1.82, 2.24) is 10.3 Å². The van der Waals surface area contributed by atoms with Crippen LogP contribution in [0.2, 0.25) is 5.15 Å². The van der Waals surface area contributed by atoms with Gasteiger partial charge in [0.25, 0.3) is 5.91 Å². The standard InChI is InChI=1S/C14H22ClN3O/c1-4-7-16-13-9-10(8-12(15)18-13)14(19)17-11(5-2)6-3/h8-9,11H,4-7H2,1-3H3,(H,16,18)(H,17,19). The second-order valence-electron chi connectivity index (χ2n) is 4.48. The number of nitrogens with one attached hydrogen (secondary N) is 2. The van der Waals surface area contributed by atoms with Gasteiger partial charge in [-0.15, -0.1) is 0 Å². The Balaban J connectivity index is 2.81. The Bertz CT molecular complexity index is 419. The van der Waals surface area contributed by atoms with E-state index >= 15 is 0 Å². The van der Waals surface area contributed by atoms with Crippen LogP contribution in [0.15, 0.2) is 12.1 Å². The molecule has 0 aliphatic carbocycles. The first-order chi connectivity index (χ1) is 9.10. The van der Waals surface area contributed by atoms with Crippen molar-refractivity contribution in [2.75, 3.05) is 11.9 Å². The van der Waals surface area contributed by atoms with E-state index in [4.69, 9.17) is 11.6 Å². The molecule has 106 valence electrons. The Morgan fingerprint density at radius 3 is 2.58 bits per heavy atom. The highest BCUT2D eigenvalue weighted by molar-refractivity contribution is 6.29. The van der Waals surface area contributed by atoms with Crippen LogP contribution in [0.4, 0.5) is 5.82 Å². The van der Waals surface area contributed by atoms with Gasteiger partial charge in [0.05, 0.1) is 0 Å². The van der Waals surface area contributed by atoms with E-state index in [9.17, 15) is 4.79 Å². The molecular formula is C14H22ClN3O. The number of anilines is 1. The summed E-state index contributed by atoms with van der Waals surface area (Å²) in [6.45, 7) is 6.99. The van der Waals surface area contributed by atoms with Gasteiger partial charge < -0.3 is 10.6 Å². The summed E-state index contributed by atoms with van der Waals surface area (Å²) in [5, 5.41) is 6.46. The predicted molar refractivity (Wildman–Crippen MR) is 79.9 cm³/mol. The lowest BCUT2D eigenvalue weighted by molar-refractivity contribution is 0.0935. The maximum Gasteiger partial charge on any atom is 0.251 e. The normalized spacial score (nSPS) is 10.6. The molecule has 0 fully saturated rings. The zero-order valence-corrected chi connectivity index (χ0v) is 12.5. The third-order valence-electron chi connectivity index (χ3n) is 2.93. The van der Waals surface area contributed by atoms with Crippen LogP contribution in [0, 0.1) is 0 Å². The number of carbonyl (C=O) groups excluding carboxylic acids is 1. The van der Waals surface area contributed by atoms with Gasteiger partial charge >= 0.3 is 0 Å². The van der Waals surface area contributed by atoms with E-state index in [1.807, 2.05) is 0 Å². The number of hydrogen-bond donors (Lipinski definition) is 2. The maximum absolute atomic E-state index is 12.1. The SMILES string of the molecule is CCCNc1cc(C(=O)NC(CC)CC)cc(Cl)n1. The molecule has 1 heterocycles. The van der Waals surface area contributed by atoms with Gasteiger partial charge in [-0.3, -0.25) is 4.79 Å². The Morgan fingerprint density at radius 1 is 1.32 bits per heavy atom. The van der Waals surface area contributed by atoms with Gasteiger partial charge in [0, 0.05) is 18.2 Å². The lowest BCUT2D eigenvalue weighted by Crippen LogP contribution is -2.33. The van der Waals surface area contributed by atoms with Gasteiger partial charge in [-0.2, -0.15) is 0 Å². The first kappa shape index (κ1) is 15.8. The van der Waals surface area contributed by atoms with Crippen molar-refractivity contribution in [3.63, 3.8) is 0 Å². The van der Waals surface area contributed by atoms with Gasteiger partial charge in [0.2, 0.25) is 0 Å². The van der Waals surface area contributed by atoms with E-state index in [2.05, 4.69) is 36.4 Å². The van der Waals surface area contributed by atoms with E-state index < -0.39 is 0 Å². The molecule has 0 saturated heterocycles. The number of hydrogen-bond acceptors (Lipinski definition) is 3. The summed E-state index contributed by atoms with van der Waals surface area (Å²) in [7, 11) is 0. The van der Waals surface area contributed by atoms with Crippen molar-refractivity contribution in [3.8, 4) is 0 Å². The first-order valence-electron chi connectivity index (χ1n) is 6.83. The molecule has 2 N–H and O–H groups in total. The lowest BCUT2D eigenvalue weighted by Gasteiger charge is -2.15. The molecule has 1 rings (SSSR count). The van der Waals surface area contributed by atoms with Crippen LogP contribution in [-0.4, -0.2) is 23.5 Å². The fourth-order valence-corrected chi connectivity index (χ4v) is 1.94. The molecular weight excluding hydrogens is 262 g/mol. The molecule has 0 saturated carbocycles. The van der Waals surface area contributed by atoms with Crippen LogP contribution in [0.25, 0.3) is 0 Å². The second kappa shape index (κ2) is 8.00. The first-order valence-corrected chi connectivity index (χ1v) is 7.20. The van der Waals surface area contributed by atoms with E-state index in [0.29, 0.717) is 16.5 Å². The number of aromatic nitrogens is 1. The van der Waals surface area contributed by atoms with Gasteiger partial charge in [0.15, 0.2) is 0 Å². The van der Waals surface area contributed by atoms with Crippen LogP contribution in [0.1, 0.15) is 50.4 Å². The van der Waals surface area contributed by atoms with E-state index in [-0.39, 0.29) is 11.9 Å². The summed E-state index contributed by atoms with van der Waals surface area (Å²) < 4.78 is 0. The lowest BCUT2D eigenvalue weighted by atomic mass is 10.1. The van der Waals surface area contributed by atoms with E-state index in [0.717, 1.165) is 25.8 Å². The average molecular weight is 284 g/mol. The highest BCUT2D eigenvalue weighted by Crippen LogP contribution is 2.15. The van der Waals surface area contributed by atoms with Crippen LogP contribution in [-0.2, 0) is 0 Å². The molecule has 4 nitrogen and oxygen atoms in total. The van der Waals surface area contributed by atoms with E-state index in [1.165, 1.54) is 0 Å². The molecule has 0 unspecified atom stereocenters. The topological polar surface area (TPSA) is 54.0 Å². The zero-order chi connectivity index (χ0) is 14.3. The number of amides is 1. The van der Waals surface area contributed by atoms with Gasteiger partial charge in [-0.1, -0.05) is 32.4 Å². The molecule has 1 amide bonds. The van der Waals surface area contributed by atoms with Crippen LogP contribution < -0.4 is 10.6 Å². The summed E-state index contributed by atoms with van der Waals surface area (Å²) in [6, 6.07) is 3.53. The Labute approximate surface area is 120 Å². The summed E-state index contributed by atoms with van der Waals surface area (Å²) >= 11 is 5.95. The molecule has 0 atom stereocenters. The fraction of sp³-hybridized carbons (Fsp3) is 0.571. The summed E-state index contributed by atoms with van der Waals surface area (Å²) in [4.78, 5) is 16.3. The average Bonchev–Trinajstić information content (AvgIpc) is 2.41. The van der Waals surface area contributed by atoms with Gasteiger partial charge in [-0.05, 0) is 31.4 Å². The molecule has 0 bridgehead atoms. The molecule has 1 aromatic heterocycles. The summed E-state index contributed by atoms with van der Waals surface area (Å²) in [5.41, 5.74) is 0.547. The smallest absolute Gasteiger partial charge is 0.251 e. The molecule has 0 spiro atoms. The third-order valence-corrected chi connectivity index (χ3v) is 3.13. The van der Waals surface area contributed by atoms with E-state index in [1.54, 1.807) is 12.1 Å². The Kier molecular flexibility index (Phi) is 6.64. The number of halogens is 1. The molecule has 1 aromatic rings. The Hall–Kier alpha value is -1.29. The van der Waals surface area contributed by atoms with Crippen molar-refractivity contribution in [1.29, 1.82) is 0 Å². The summed E-state index contributed by atoms with van der Waals surface area (Å²) in [5.74, 6) is 0.543. The van der Waals surface area contributed by atoms with Crippen molar-refractivity contribution in [2.45, 2.75) is 46.1 Å². The number of pyridine rings is 1. The van der Waals surface area contributed by atoms with Crippen molar-refractivity contribution in [2.24, 2.45) is 0 Å². The molecule has 0 radical (unpaired) electrons. The van der Waals surface area contributed by atoms with Crippen molar-refractivity contribution >= 4 is 23.3 Å². The minimum absolute atomic E-state index is 0.0995. The van der Waals surface area contributed by atoms with Crippen LogP contribution in [0.5, 0.6) is 0 Å². The number of rotatable bonds is 7. The molecule has 19 heavy (non-hydrogen) atoms. The molecule has 5 heteroatoms.